The third-order valence-corrected chi connectivity index (χ3v) is 3.91. The molecule has 112 valence electrons. The van der Waals surface area contributed by atoms with Gasteiger partial charge in [-0.3, -0.25) is 4.79 Å². The van der Waals surface area contributed by atoms with E-state index in [0.717, 1.165) is 11.0 Å². The molecule has 2 heterocycles. The van der Waals surface area contributed by atoms with Gasteiger partial charge in [0.05, 0.1) is 36.7 Å². The van der Waals surface area contributed by atoms with Crippen LogP contribution in [0.25, 0.3) is 11.0 Å². The highest BCUT2D eigenvalue weighted by Gasteiger charge is 2.28. The van der Waals surface area contributed by atoms with Crippen molar-refractivity contribution in [2.75, 3.05) is 26.3 Å². The van der Waals surface area contributed by atoms with Crippen LogP contribution in [0.1, 0.15) is 13.0 Å². The van der Waals surface area contributed by atoms with Crippen LogP contribution in [0.4, 0.5) is 0 Å². The van der Waals surface area contributed by atoms with Gasteiger partial charge in [0.2, 0.25) is 5.91 Å². The summed E-state index contributed by atoms with van der Waals surface area (Å²) < 4.78 is 7.28. The van der Waals surface area contributed by atoms with Gasteiger partial charge in [0.15, 0.2) is 0 Å². The molecule has 0 bridgehead atoms. The van der Waals surface area contributed by atoms with E-state index in [-0.39, 0.29) is 24.7 Å². The third-order valence-electron chi connectivity index (χ3n) is 3.91. The van der Waals surface area contributed by atoms with Gasteiger partial charge in [0, 0.05) is 13.1 Å². The van der Waals surface area contributed by atoms with Crippen molar-refractivity contribution in [1.29, 1.82) is 0 Å². The van der Waals surface area contributed by atoms with Crippen molar-refractivity contribution >= 4 is 16.9 Å². The number of aliphatic hydroxyl groups is 1. The van der Waals surface area contributed by atoms with Crippen LogP contribution in [0.3, 0.4) is 0 Å². The number of amides is 1. The van der Waals surface area contributed by atoms with Gasteiger partial charge in [-0.2, -0.15) is 0 Å². The van der Waals surface area contributed by atoms with Crippen LogP contribution < -0.4 is 0 Å². The Labute approximate surface area is 122 Å². The number of imidazole rings is 1. The molecule has 0 aliphatic carbocycles. The molecular formula is C15H19N3O3. The van der Waals surface area contributed by atoms with E-state index in [1.807, 2.05) is 35.8 Å². The second-order valence-electron chi connectivity index (χ2n) is 5.28. The molecule has 2 atom stereocenters. The monoisotopic (exact) mass is 289 g/mol. The molecule has 1 N–H and O–H groups in total. The minimum atomic E-state index is -0.324. The van der Waals surface area contributed by atoms with Gasteiger partial charge < -0.3 is 19.3 Å². The van der Waals surface area contributed by atoms with Gasteiger partial charge in [0.25, 0.3) is 0 Å². The summed E-state index contributed by atoms with van der Waals surface area (Å²) in [6.45, 7) is 3.28. The van der Waals surface area contributed by atoms with E-state index in [1.54, 1.807) is 11.2 Å². The molecule has 0 spiro atoms. The van der Waals surface area contributed by atoms with Crippen LogP contribution in [0.15, 0.2) is 30.6 Å². The van der Waals surface area contributed by atoms with Crippen molar-refractivity contribution in [1.82, 2.24) is 14.5 Å². The number of para-hydroxylation sites is 2. The number of nitrogens with zero attached hydrogens (tertiary/aromatic N) is 3. The van der Waals surface area contributed by atoms with Crippen molar-refractivity contribution in [3.8, 4) is 0 Å². The molecule has 6 heteroatoms. The van der Waals surface area contributed by atoms with Crippen molar-refractivity contribution in [2.24, 2.45) is 0 Å². The topological polar surface area (TPSA) is 67.6 Å². The lowest BCUT2D eigenvalue weighted by molar-refractivity contribution is -0.143. The van der Waals surface area contributed by atoms with E-state index in [1.165, 1.54) is 0 Å². The van der Waals surface area contributed by atoms with Crippen LogP contribution in [0.5, 0.6) is 0 Å². The van der Waals surface area contributed by atoms with E-state index in [4.69, 9.17) is 4.74 Å². The second kappa shape index (κ2) is 5.83. The number of fused-ring (bicyclic) bond motifs is 1. The molecule has 21 heavy (non-hydrogen) atoms. The fourth-order valence-electron chi connectivity index (χ4n) is 2.70. The minimum absolute atomic E-state index is 0.0277. The average Bonchev–Trinajstić information content (AvgIpc) is 2.97. The molecule has 1 aromatic carbocycles. The first-order valence-electron chi connectivity index (χ1n) is 7.13. The van der Waals surface area contributed by atoms with E-state index in [9.17, 15) is 9.90 Å². The van der Waals surface area contributed by atoms with Gasteiger partial charge in [-0.05, 0) is 19.1 Å². The average molecular weight is 289 g/mol. The number of carbonyl (C=O) groups is 1. The minimum Gasteiger partial charge on any atom is -0.394 e. The summed E-state index contributed by atoms with van der Waals surface area (Å²) in [6, 6.07) is 7.44. The molecular weight excluding hydrogens is 270 g/mol. The largest absolute Gasteiger partial charge is 0.394 e. The number of benzene rings is 1. The number of hydrogen-bond acceptors (Lipinski definition) is 4. The summed E-state index contributed by atoms with van der Waals surface area (Å²) in [5.74, 6) is 0.0277. The van der Waals surface area contributed by atoms with Crippen molar-refractivity contribution < 1.29 is 14.6 Å². The molecule has 1 saturated heterocycles. The highest BCUT2D eigenvalue weighted by Crippen LogP contribution is 2.20. The zero-order valence-corrected chi connectivity index (χ0v) is 12.0. The molecule has 0 radical (unpaired) electrons. The zero-order chi connectivity index (χ0) is 14.8. The summed E-state index contributed by atoms with van der Waals surface area (Å²) >= 11 is 0. The van der Waals surface area contributed by atoms with E-state index in [2.05, 4.69) is 4.98 Å². The maximum absolute atomic E-state index is 12.6. The number of hydrogen-bond donors (Lipinski definition) is 1. The lowest BCUT2D eigenvalue weighted by Gasteiger charge is -2.34. The number of aliphatic hydroxyl groups excluding tert-OH is 1. The van der Waals surface area contributed by atoms with Crippen LogP contribution >= 0.6 is 0 Å². The number of morpholine rings is 1. The van der Waals surface area contributed by atoms with E-state index < -0.39 is 0 Å². The van der Waals surface area contributed by atoms with Crippen LogP contribution in [0.2, 0.25) is 0 Å². The van der Waals surface area contributed by atoms with Gasteiger partial charge in [0.1, 0.15) is 6.04 Å². The van der Waals surface area contributed by atoms with Crippen LogP contribution in [0, 0.1) is 0 Å². The van der Waals surface area contributed by atoms with Crippen molar-refractivity contribution in [2.45, 2.75) is 19.1 Å². The number of aromatic nitrogens is 2. The first-order valence-corrected chi connectivity index (χ1v) is 7.13. The Hall–Kier alpha value is -1.92. The third kappa shape index (κ3) is 2.64. The molecule has 1 aliphatic heterocycles. The van der Waals surface area contributed by atoms with Gasteiger partial charge in [-0.1, -0.05) is 12.1 Å². The predicted octanol–water partition coefficient (Wildman–Crippen LogP) is 0.817. The first-order chi connectivity index (χ1) is 10.2. The summed E-state index contributed by atoms with van der Waals surface area (Å²) in [4.78, 5) is 18.7. The maximum Gasteiger partial charge on any atom is 0.245 e. The highest BCUT2D eigenvalue weighted by atomic mass is 16.5. The molecule has 1 aliphatic rings. The van der Waals surface area contributed by atoms with Gasteiger partial charge >= 0.3 is 0 Å². The predicted molar refractivity (Wildman–Crippen MR) is 77.8 cm³/mol. The molecule has 2 unspecified atom stereocenters. The number of ether oxygens (including phenoxy) is 1. The fourth-order valence-corrected chi connectivity index (χ4v) is 2.70. The van der Waals surface area contributed by atoms with E-state index in [0.29, 0.717) is 19.7 Å². The number of carbonyl (C=O) groups excluding carboxylic acids is 1. The first kappa shape index (κ1) is 14.0. The number of rotatable bonds is 3. The highest BCUT2D eigenvalue weighted by molar-refractivity contribution is 5.83. The SMILES string of the molecule is CC(C(=O)N1CCOC(CO)C1)n1cnc2ccccc21. The Bertz CT molecular complexity index is 640. The standard InChI is InChI=1S/C15H19N3O3/c1-11(15(20)17-6-7-21-12(8-17)9-19)18-10-16-13-4-2-3-5-14(13)18/h2-5,10-12,19H,6-9H2,1H3. The smallest absolute Gasteiger partial charge is 0.245 e. The molecule has 6 nitrogen and oxygen atoms in total. The van der Waals surface area contributed by atoms with Crippen molar-refractivity contribution in [3.05, 3.63) is 30.6 Å². The van der Waals surface area contributed by atoms with Crippen LogP contribution in [-0.2, 0) is 9.53 Å². The zero-order valence-electron chi connectivity index (χ0n) is 12.0. The maximum atomic E-state index is 12.6. The van der Waals surface area contributed by atoms with Crippen LogP contribution in [-0.4, -0.2) is 57.9 Å². The molecule has 1 fully saturated rings. The summed E-state index contributed by atoms with van der Waals surface area (Å²) in [5, 5.41) is 9.18. The fraction of sp³-hybridized carbons (Fsp3) is 0.467. The molecule has 0 saturated carbocycles. The molecule has 2 aromatic rings. The summed E-state index contributed by atoms with van der Waals surface area (Å²) in [6.07, 6.45) is 1.42. The molecule has 3 rings (SSSR count). The molecule has 1 aromatic heterocycles. The Morgan fingerprint density at radius 2 is 2.33 bits per heavy atom. The lowest BCUT2D eigenvalue weighted by Crippen LogP contribution is -2.48. The Kier molecular flexibility index (Phi) is 3.90. The quantitative estimate of drug-likeness (QED) is 0.908. The Morgan fingerprint density at radius 1 is 1.52 bits per heavy atom. The normalized spacial score (nSPS) is 20.7. The summed E-state index contributed by atoms with van der Waals surface area (Å²) in [7, 11) is 0. The Balaban J connectivity index is 1.81. The molecule has 1 amide bonds. The summed E-state index contributed by atoms with van der Waals surface area (Å²) in [5.41, 5.74) is 1.83. The van der Waals surface area contributed by atoms with Gasteiger partial charge in [-0.15, -0.1) is 0 Å². The van der Waals surface area contributed by atoms with E-state index >= 15 is 0 Å². The lowest BCUT2D eigenvalue weighted by atomic mass is 10.2. The van der Waals surface area contributed by atoms with Crippen molar-refractivity contribution in [3.63, 3.8) is 0 Å². The van der Waals surface area contributed by atoms with Gasteiger partial charge in [-0.25, -0.2) is 4.98 Å². The second-order valence-corrected chi connectivity index (χ2v) is 5.28. The Morgan fingerprint density at radius 3 is 3.14 bits per heavy atom.